The Balaban J connectivity index is 1.86. The Kier molecular flexibility index (Phi) is 3.29. The molecule has 1 aromatic rings. The molecule has 0 aromatic heterocycles. The Morgan fingerprint density at radius 1 is 1.18 bits per heavy atom. The smallest absolute Gasteiger partial charge is 0.0969 e. The van der Waals surface area contributed by atoms with Crippen LogP contribution in [0.2, 0.25) is 0 Å². The van der Waals surface area contributed by atoms with Crippen LogP contribution in [0.25, 0.3) is 0 Å². The molecule has 92 valence electrons. The number of para-hydroxylation sites is 1. The number of benzene rings is 1. The summed E-state index contributed by atoms with van der Waals surface area (Å²) in [5, 5.41) is 3.41. The monoisotopic (exact) mass is 232 g/mol. The minimum Gasteiger partial charge on any atom is -0.371 e. The van der Waals surface area contributed by atoms with E-state index < -0.39 is 0 Å². The summed E-state index contributed by atoms with van der Waals surface area (Å²) in [7, 11) is 0. The Morgan fingerprint density at radius 3 is 2.76 bits per heavy atom. The Bertz CT molecular complexity index is 368. The van der Waals surface area contributed by atoms with Crippen LogP contribution in [-0.2, 0) is 4.74 Å². The number of hydrogen-bond acceptors (Lipinski definition) is 3. The van der Waals surface area contributed by atoms with Crippen LogP contribution in [0.15, 0.2) is 24.3 Å². The summed E-state index contributed by atoms with van der Waals surface area (Å²) >= 11 is 0. The maximum atomic E-state index is 5.88. The molecule has 0 radical (unpaired) electrons. The largest absolute Gasteiger partial charge is 0.371 e. The predicted octanol–water partition coefficient (Wildman–Crippen LogP) is 1.95. The maximum absolute atomic E-state index is 5.88. The molecule has 0 bridgehead atoms. The van der Waals surface area contributed by atoms with Crippen LogP contribution in [0.1, 0.15) is 24.5 Å². The summed E-state index contributed by atoms with van der Waals surface area (Å²) < 4.78 is 5.88. The zero-order valence-electron chi connectivity index (χ0n) is 10.2. The van der Waals surface area contributed by atoms with E-state index in [4.69, 9.17) is 4.74 Å². The molecule has 1 atom stereocenters. The van der Waals surface area contributed by atoms with Crippen LogP contribution in [0.5, 0.6) is 0 Å². The van der Waals surface area contributed by atoms with Gasteiger partial charge in [0.1, 0.15) is 0 Å². The van der Waals surface area contributed by atoms with Crippen molar-refractivity contribution in [3.05, 3.63) is 29.8 Å². The van der Waals surface area contributed by atoms with Gasteiger partial charge >= 0.3 is 0 Å². The standard InChI is InChI=1S/C14H20N2O/c1-2-6-13(16-8-3-4-9-16)12(5-1)14-11-15-7-10-17-14/h1-2,5-6,14-15H,3-4,7-11H2. The summed E-state index contributed by atoms with van der Waals surface area (Å²) in [4.78, 5) is 2.49. The average molecular weight is 232 g/mol. The van der Waals surface area contributed by atoms with Crippen molar-refractivity contribution < 1.29 is 4.74 Å². The molecule has 3 heteroatoms. The summed E-state index contributed by atoms with van der Waals surface area (Å²) in [6, 6.07) is 8.70. The molecule has 2 fully saturated rings. The number of hydrogen-bond donors (Lipinski definition) is 1. The van der Waals surface area contributed by atoms with Gasteiger partial charge in [0.25, 0.3) is 0 Å². The van der Waals surface area contributed by atoms with Gasteiger partial charge in [-0.15, -0.1) is 0 Å². The fourth-order valence-electron chi connectivity index (χ4n) is 2.77. The molecule has 1 aromatic carbocycles. The summed E-state index contributed by atoms with van der Waals surface area (Å²) in [6.45, 7) is 5.11. The third kappa shape index (κ3) is 2.31. The molecule has 17 heavy (non-hydrogen) atoms. The molecule has 3 rings (SSSR count). The molecule has 1 unspecified atom stereocenters. The molecule has 2 aliphatic heterocycles. The predicted molar refractivity (Wildman–Crippen MR) is 69.5 cm³/mol. The van der Waals surface area contributed by atoms with Gasteiger partial charge in [-0.3, -0.25) is 0 Å². The van der Waals surface area contributed by atoms with Gasteiger partial charge in [0.05, 0.1) is 12.7 Å². The van der Waals surface area contributed by atoms with Crippen LogP contribution in [0.3, 0.4) is 0 Å². The van der Waals surface area contributed by atoms with Crippen LogP contribution >= 0.6 is 0 Å². The van der Waals surface area contributed by atoms with E-state index in [1.807, 2.05) is 0 Å². The third-order valence-corrected chi connectivity index (χ3v) is 3.66. The lowest BCUT2D eigenvalue weighted by atomic mass is 10.1. The van der Waals surface area contributed by atoms with E-state index in [9.17, 15) is 0 Å². The molecule has 2 heterocycles. The number of anilines is 1. The molecule has 0 aliphatic carbocycles. The number of nitrogens with one attached hydrogen (secondary N) is 1. The van der Waals surface area contributed by atoms with Crippen molar-refractivity contribution in [3.8, 4) is 0 Å². The third-order valence-electron chi connectivity index (χ3n) is 3.66. The van der Waals surface area contributed by atoms with Crippen molar-refractivity contribution in [2.24, 2.45) is 0 Å². The van der Waals surface area contributed by atoms with Gasteiger partial charge in [0.15, 0.2) is 0 Å². The van der Waals surface area contributed by atoms with Crippen LogP contribution in [0.4, 0.5) is 5.69 Å². The van der Waals surface area contributed by atoms with E-state index in [-0.39, 0.29) is 6.10 Å². The van der Waals surface area contributed by atoms with E-state index in [1.165, 1.54) is 37.2 Å². The Labute approximate surface area is 103 Å². The van der Waals surface area contributed by atoms with Crippen molar-refractivity contribution in [1.29, 1.82) is 0 Å². The quantitative estimate of drug-likeness (QED) is 0.843. The summed E-state index contributed by atoms with van der Waals surface area (Å²) in [5.74, 6) is 0. The maximum Gasteiger partial charge on any atom is 0.0969 e. The second kappa shape index (κ2) is 5.07. The minimum atomic E-state index is 0.223. The molecule has 2 aliphatic rings. The zero-order chi connectivity index (χ0) is 11.5. The van der Waals surface area contributed by atoms with Crippen molar-refractivity contribution in [2.75, 3.05) is 37.7 Å². The van der Waals surface area contributed by atoms with E-state index in [2.05, 4.69) is 34.5 Å². The molecule has 1 N–H and O–H groups in total. The molecule has 0 spiro atoms. The Morgan fingerprint density at radius 2 is 2.00 bits per heavy atom. The lowest BCUT2D eigenvalue weighted by Gasteiger charge is -2.29. The molecule has 3 nitrogen and oxygen atoms in total. The molecular formula is C14H20N2O. The number of ether oxygens (including phenoxy) is 1. The lowest BCUT2D eigenvalue weighted by molar-refractivity contribution is 0.0280. The SMILES string of the molecule is c1ccc(N2CCCC2)c(C2CNCCO2)c1. The van der Waals surface area contributed by atoms with Crippen LogP contribution < -0.4 is 10.2 Å². The fraction of sp³-hybridized carbons (Fsp3) is 0.571. The molecular weight excluding hydrogens is 212 g/mol. The first-order valence-corrected chi connectivity index (χ1v) is 6.61. The average Bonchev–Trinajstić information content (AvgIpc) is 2.94. The minimum absolute atomic E-state index is 0.223. The highest BCUT2D eigenvalue weighted by atomic mass is 16.5. The molecule has 0 saturated carbocycles. The highest BCUT2D eigenvalue weighted by Gasteiger charge is 2.22. The topological polar surface area (TPSA) is 24.5 Å². The Hall–Kier alpha value is -1.06. The van der Waals surface area contributed by atoms with Gasteiger partial charge in [-0.05, 0) is 18.9 Å². The number of nitrogens with zero attached hydrogens (tertiary/aromatic N) is 1. The fourth-order valence-corrected chi connectivity index (χ4v) is 2.77. The van der Waals surface area contributed by atoms with Gasteiger partial charge in [0.2, 0.25) is 0 Å². The van der Waals surface area contributed by atoms with Gasteiger partial charge < -0.3 is 15.0 Å². The van der Waals surface area contributed by atoms with Crippen molar-refractivity contribution in [1.82, 2.24) is 5.32 Å². The van der Waals surface area contributed by atoms with Gasteiger partial charge in [-0.2, -0.15) is 0 Å². The van der Waals surface area contributed by atoms with Gasteiger partial charge in [-0.25, -0.2) is 0 Å². The molecule has 2 saturated heterocycles. The van der Waals surface area contributed by atoms with E-state index >= 15 is 0 Å². The summed E-state index contributed by atoms with van der Waals surface area (Å²) in [6.07, 6.45) is 2.86. The highest BCUT2D eigenvalue weighted by Crippen LogP contribution is 2.31. The number of morpholine rings is 1. The first-order chi connectivity index (χ1) is 8.45. The first kappa shape index (κ1) is 11.1. The lowest BCUT2D eigenvalue weighted by Crippen LogP contribution is -2.34. The zero-order valence-corrected chi connectivity index (χ0v) is 10.2. The van der Waals surface area contributed by atoms with Crippen molar-refractivity contribution >= 4 is 5.69 Å². The second-order valence-corrected chi connectivity index (χ2v) is 4.82. The molecule has 0 amide bonds. The normalized spacial score (nSPS) is 25.2. The van der Waals surface area contributed by atoms with E-state index in [0.717, 1.165) is 19.7 Å². The van der Waals surface area contributed by atoms with Gasteiger partial charge in [-0.1, -0.05) is 18.2 Å². The summed E-state index contributed by atoms with van der Waals surface area (Å²) in [5.41, 5.74) is 2.72. The number of rotatable bonds is 2. The van der Waals surface area contributed by atoms with E-state index in [1.54, 1.807) is 0 Å². The second-order valence-electron chi connectivity index (χ2n) is 4.82. The van der Waals surface area contributed by atoms with Gasteiger partial charge in [0, 0.05) is 37.4 Å². The van der Waals surface area contributed by atoms with Crippen LogP contribution in [0, 0.1) is 0 Å². The highest BCUT2D eigenvalue weighted by molar-refractivity contribution is 5.55. The van der Waals surface area contributed by atoms with Crippen molar-refractivity contribution in [2.45, 2.75) is 18.9 Å². The first-order valence-electron chi connectivity index (χ1n) is 6.61. The van der Waals surface area contributed by atoms with E-state index in [0.29, 0.717) is 0 Å². The van der Waals surface area contributed by atoms with Crippen molar-refractivity contribution in [3.63, 3.8) is 0 Å². The van der Waals surface area contributed by atoms with Crippen LogP contribution in [-0.4, -0.2) is 32.8 Å².